The smallest absolute Gasteiger partial charge is 0.263 e. The van der Waals surface area contributed by atoms with Crippen LogP contribution in [0.4, 0.5) is 5.69 Å². The fourth-order valence-corrected chi connectivity index (χ4v) is 12.0. The van der Waals surface area contributed by atoms with E-state index in [-0.39, 0.29) is 91.8 Å². The molecule has 6 heterocycles. The maximum atomic E-state index is 14.0. The summed E-state index contributed by atoms with van der Waals surface area (Å²) in [6, 6.07) is 11.1. The summed E-state index contributed by atoms with van der Waals surface area (Å²) in [4.78, 5) is 105. The molecular formula is C62H83N9O12S. The number of nitrogens with one attached hydrogen (secondary N) is 1. The van der Waals surface area contributed by atoms with E-state index >= 15 is 0 Å². The lowest BCUT2D eigenvalue weighted by molar-refractivity contribution is -0.146. The second kappa shape index (κ2) is 30.6. The Morgan fingerprint density at radius 2 is 1.42 bits per heavy atom. The Labute approximate surface area is 495 Å². The number of aliphatic hydroxyl groups excluding tert-OH is 1. The number of piperazine rings is 1. The molecule has 8 rings (SSSR count). The predicted octanol–water partition coefficient (Wildman–Crippen LogP) is 6.25. The van der Waals surface area contributed by atoms with E-state index in [4.69, 9.17) is 33.7 Å². The number of hydrogen-bond donors (Lipinski definition) is 2. The largest absolute Gasteiger partial charge is 0.391 e. The van der Waals surface area contributed by atoms with Crippen LogP contribution in [0.5, 0.6) is 0 Å². The van der Waals surface area contributed by atoms with Crippen molar-refractivity contribution in [2.75, 3.05) is 104 Å². The summed E-state index contributed by atoms with van der Waals surface area (Å²) in [6.45, 7) is 17.1. The number of anilines is 1. The second-order valence-corrected chi connectivity index (χ2v) is 23.9. The Hall–Kier alpha value is -6.40. The van der Waals surface area contributed by atoms with Crippen molar-refractivity contribution in [2.24, 2.45) is 11.3 Å². The molecule has 0 spiro atoms. The molecule has 0 bridgehead atoms. The number of carbonyl (C=O) groups is 5. The molecule has 454 valence electrons. The SMILES string of the molecule is CC(=O)c1c(C)c2cnc(Cc3ccc(N4CCN(C(=O)CCOCCOCCOCCOCCOCCC(=O)C[C@H](C(=O)N5C[C@H](O)C[C@H]5C(=O)NCc5ccc(-c6scnc6C)cc5)C(C)(C)C)CC4)cn3)nc2n(C2CCCC2)c1=O. The number of likely N-dealkylation sites (tertiary alicyclic amines) is 1. The van der Waals surface area contributed by atoms with E-state index in [0.717, 1.165) is 64.1 Å². The van der Waals surface area contributed by atoms with Crippen LogP contribution in [0.15, 0.2) is 59.1 Å². The Bertz CT molecular complexity index is 3080. The van der Waals surface area contributed by atoms with Gasteiger partial charge in [0.15, 0.2) is 5.78 Å². The molecule has 0 unspecified atom stereocenters. The Balaban J connectivity index is 0.622. The van der Waals surface area contributed by atoms with Gasteiger partial charge in [0.1, 0.15) is 23.3 Å². The predicted molar refractivity (Wildman–Crippen MR) is 318 cm³/mol. The fourth-order valence-electron chi connectivity index (χ4n) is 11.2. The normalized spacial score (nSPS) is 17.1. The maximum absolute atomic E-state index is 14.0. The van der Waals surface area contributed by atoms with Gasteiger partial charge in [0.05, 0.1) is 119 Å². The fraction of sp³-hybridized carbons (Fsp3) is 0.581. The van der Waals surface area contributed by atoms with E-state index in [2.05, 4.69) is 20.2 Å². The van der Waals surface area contributed by atoms with E-state index in [1.807, 2.05) is 80.7 Å². The number of rotatable bonds is 30. The molecule has 84 heavy (non-hydrogen) atoms. The number of aromatic nitrogens is 5. The standard InChI is InChI=1S/C62H83N9O12S/c1-41-51-38-64-54(67-58(51)71(47-9-7-8-10-47)61(78)56(41)43(3)72)33-46-15-16-48(37-63-46)68-19-21-69(22-20-68)55(75)18-24-80-26-28-82-30-32-83-31-29-81-27-25-79-23-17-49(73)34-52(62(4,5)6)60(77)70-39-50(74)35-53(70)59(76)65-36-44-11-13-45(14-12-44)57-42(2)66-40-84-57/h11-16,37-38,40,47,50,52-53,74H,7-10,17-36,39H2,1-6H3,(H,65,76)/t50-,52-,53+/m1/s1. The molecule has 2 aliphatic heterocycles. The Morgan fingerprint density at radius 3 is 2.00 bits per heavy atom. The molecule has 3 fully saturated rings. The molecule has 1 saturated carbocycles. The first kappa shape index (κ1) is 63.6. The molecule has 0 radical (unpaired) electrons. The third-order valence-electron chi connectivity index (χ3n) is 16.0. The highest BCUT2D eigenvalue weighted by molar-refractivity contribution is 7.13. The van der Waals surface area contributed by atoms with Crippen molar-refractivity contribution in [3.63, 3.8) is 0 Å². The van der Waals surface area contributed by atoms with Crippen LogP contribution in [0.3, 0.4) is 0 Å². The minimum Gasteiger partial charge on any atom is -0.391 e. The van der Waals surface area contributed by atoms with Gasteiger partial charge in [-0.15, -0.1) is 11.3 Å². The number of hydrogen-bond acceptors (Lipinski definition) is 18. The van der Waals surface area contributed by atoms with Crippen molar-refractivity contribution in [3.05, 3.63) is 98.6 Å². The zero-order valence-corrected chi connectivity index (χ0v) is 50.4. The van der Waals surface area contributed by atoms with E-state index in [1.165, 1.54) is 11.8 Å². The van der Waals surface area contributed by atoms with Gasteiger partial charge in [-0.25, -0.2) is 15.0 Å². The molecule has 2 N–H and O–H groups in total. The number of fused-ring (bicyclic) bond motifs is 1. The molecule has 3 amide bonds. The number of ether oxygens (including phenoxy) is 5. The molecule has 21 nitrogen and oxygen atoms in total. The number of Topliss-reactive ketones (excluding diaryl/α,β-unsaturated/α-hetero) is 2. The third-order valence-corrected chi connectivity index (χ3v) is 17.0. The molecule has 1 aromatic carbocycles. The van der Waals surface area contributed by atoms with Crippen molar-refractivity contribution in [2.45, 2.75) is 124 Å². The molecule has 2 saturated heterocycles. The van der Waals surface area contributed by atoms with Gasteiger partial charge in [-0.05, 0) is 67.9 Å². The lowest BCUT2D eigenvalue weighted by Crippen LogP contribution is -2.50. The van der Waals surface area contributed by atoms with Crippen LogP contribution in [0.2, 0.25) is 0 Å². The number of amides is 3. The van der Waals surface area contributed by atoms with Crippen molar-refractivity contribution in [3.8, 4) is 10.4 Å². The van der Waals surface area contributed by atoms with Gasteiger partial charge in [-0.3, -0.25) is 38.3 Å². The van der Waals surface area contributed by atoms with Crippen molar-refractivity contribution in [1.29, 1.82) is 0 Å². The number of thiazole rings is 1. The Morgan fingerprint density at radius 1 is 0.786 bits per heavy atom. The number of β-amino-alcohol motifs (C(OH)–C–C–N with tert-alkyl or cyclic N) is 1. The van der Waals surface area contributed by atoms with Crippen LogP contribution in [0.25, 0.3) is 21.5 Å². The quantitative estimate of drug-likeness (QED) is 0.0381. The summed E-state index contributed by atoms with van der Waals surface area (Å²) < 4.78 is 29.9. The van der Waals surface area contributed by atoms with Gasteiger partial charge in [-0.2, -0.15) is 0 Å². The van der Waals surface area contributed by atoms with Gasteiger partial charge in [-0.1, -0.05) is 57.9 Å². The van der Waals surface area contributed by atoms with Crippen molar-refractivity contribution < 1.29 is 52.8 Å². The lowest BCUT2D eigenvalue weighted by Gasteiger charge is -2.36. The molecule has 4 aromatic heterocycles. The molecule has 3 aliphatic rings. The number of nitrogens with zero attached hydrogens (tertiary/aromatic N) is 8. The number of pyridine rings is 2. The maximum Gasteiger partial charge on any atom is 0.263 e. The zero-order valence-electron chi connectivity index (χ0n) is 49.6. The van der Waals surface area contributed by atoms with Crippen LogP contribution < -0.4 is 15.8 Å². The molecule has 3 atom stereocenters. The summed E-state index contributed by atoms with van der Waals surface area (Å²) >= 11 is 1.58. The zero-order chi connectivity index (χ0) is 59.8. The first-order valence-corrected chi connectivity index (χ1v) is 30.4. The summed E-state index contributed by atoms with van der Waals surface area (Å²) in [7, 11) is 0. The third kappa shape index (κ3) is 17.2. The second-order valence-electron chi connectivity index (χ2n) is 23.0. The first-order chi connectivity index (χ1) is 40.5. The van der Waals surface area contributed by atoms with Crippen LogP contribution in [-0.2, 0) is 55.8 Å². The average Bonchev–Trinajstić information content (AvgIpc) is 1.75. The highest BCUT2D eigenvalue weighted by atomic mass is 32.1. The van der Waals surface area contributed by atoms with Crippen LogP contribution in [0.1, 0.15) is 124 Å². The topological polar surface area (TPSA) is 247 Å². The highest BCUT2D eigenvalue weighted by Gasteiger charge is 2.44. The van der Waals surface area contributed by atoms with E-state index in [1.54, 1.807) is 29.0 Å². The number of aryl methyl sites for hydroxylation is 2. The van der Waals surface area contributed by atoms with Gasteiger partial charge in [0.25, 0.3) is 5.56 Å². The number of benzene rings is 1. The van der Waals surface area contributed by atoms with Crippen molar-refractivity contribution in [1.82, 2.24) is 39.6 Å². The first-order valence-electron chi connectivity index (χ1n) is 29.5. The summed E-state index contributed by atoms with van der Waals surface area (Å²) in [5.41, 5.74) is 7.08. The average molecular weight is 1180 g/mol. The lowest BCUT2D eigenvalue weighted by atomic mass is 9.76. The number of carbonyl (C=O) groups excluding carboxylic acids is 5. The van der Waals surface area contributed by atoms with Crippen LogP contribution in [-0.4, -0.2) is 180 Å². The summed E-state index contributed by atoms with van der Waals surface area (Å²) in [5.74, 6) is -1.10. The highest BCUT2D eigenvalue weighted by Crippen LogP contribution is 2.35. The van der Waals surface area contributed by atoms with Gasteiger partial charge in [0.2, 0.25) is 17.7 Å². The van der Waals surface area contributed by atoms with E-state index < -0.39 is 23.5 Å². The summed E-state index contributed by atoms with van der Waals surface area (Å²) in [5, 5.41) is 14.3. The molecule has 5 aromatic rings. The Kier molecular flexibility index (Phi) is 23.2. The minimum atomic E-state index is -0.843. The van der Waals surface area contributed by atoms with Gasteiger partial charge >= 0.3 is 0 Å². The number of aliphatic hydroxyl groups is 1. The molecule has 22 heteroatoms. The monoisotopic (exact) mass is 1180 g/mol. The van der Waals surface area contributed by atoms with Crippen LogP contribution >= 0.6 is 11.3 Å². The van der Waals surface area contributed by atoms with Crippen molar-refractivity contribution >= 4 is 57.3 Å². The number of ketones is 2. The van der Waals surface area contributed by atoms with E-state index in [9.17, 15) is 33.9 Å². The molecular weight excluding hydrogens is 1090 g/mol. The van der Waals surface area contributed by atoms with Gasteiger partial charge in [0, 0.05) is 87.8 Å². The van der Waals surface area contributed by atoms with Gasteiger partial charge < -0.3 is 48.8 Å². The molecule has 1 aliphatic carbocycles. The summed E-state index contributed by atoms with van der Waals surface area (Å²) in [6.07, 6.45) is 7.50. The minimum absolute atomic E-state index is 0.00331. The van der Waals surface area contributed by atoms with Crippen LogP contribution in [0, 0.1) is 25.2 Å². The van der Waals surface area contributed by atoms with E-state index in [0.29, 0.717) is 109 Å².